The van der Waals surface area contributed by atoms with Gasteiger partial charge in [-0.2, -0.15) is 5.10 Å². The zero-order chi connectivity index (χ0) is 20.7. The molecule has 0 saturated heterocycles. The van der Waals surface area contributed by atoms with Crippen LogP contribution in [0.1, 0.15) is 35.4 Å². The summed E-state index contributed by atoms with van der Waals surface area (Å²) >= 11 is 6.11. The molecule has 2 aliphatic rings. The van der Waals surface area contributed by atoms with Crippen molar-refractivity contribution < 1.29 is 14.2 Å². The molecule has 0 amide bonds. The highest BCUT2D eigenvalue weighted by molar-refractivity contribution is 6.30. The lowest BCUT2D eigenvalue weighted by atomic mass is 9.95. The highest BCUT2D eigenvalue weighted by Gasteiger charge is 2.42. The second-order valence-corrected chi connectivity index (χ2v) is 7.71. The first kappa shape index (κ1) is 18.8. The van der Waals surface area contributed by atoms with Crippen LogP contribution in [0.3, 0.4) is 0 Å². The average Bonchev–Trinajstić information content (AvgIpc) is 3.24. The van der Waals surface area contributed by atoms with Crippen LogP contribution in [0.2, 0.25) is 5.02 Å². The number of ether oxygens (including phenoxy) is 3. The first-order chi connectivity index (χ1) is 14.7. The molecule has 152 valence electrons. The van der Waals surface area contributed by atoms with Crippen molar-refractivity contribution in [3.8, 4) is 17.2 Å². The third-order valence-corrected chi connectivity index (χ3v) is 5.83. The van der Waals surface area contributed by atoms with Gasteiger partial charge in [0.25, 0.3) is 0 Å². The van der Waals surface area contributed by atoms with Gasteiger partial charge in [-0.3, -0.25) is 0 Å². The third kappa shape index (κ3) is 3.15. The molecule has 5 nitrogen and oxygen atoms in total. The van der Waals surface area contributed by atoms with Gasteiger partial charge in [-0.15, -0.1) is 0 Å². The summed E-state index contributed by atoms with van der Waals surface area (Å²) in [6.07, 6.45) is 0.409. The lowest BCUT2D eigenvalue weighted by molar-refractivity contribution is -0.0208. The molecule has 2 heterocycles. The maximum Gasteiger partial charge on any atom is 0.214 e. The van der Waals surface area contributed by atoms with Crippen LogP contribution in [-0.2, 0) is 0 Å². The maximum absolute atomic E-state index is 6.45. The van der Waals surface area contributed by atoms with Crippen LogP contribution in [0.15, 0.2) is 71.8 Å². The summed E-state index contributed by atoms with van der Waals surface area (Å²) in [4.78, 5) is 0. The summed E-state index contributed by atoms with van der Waals surface area (Å²) in [6.45, 7) is 0. The largest absolute Gasteiger partial charge is 0.497 e. The fourth-order valence-electron chi connectivity index (χ4n) is 4.05. The van der Waals surface area contributed by atoms with Crippen LogP contribution in [0.4, 0.5) is 0 Å². The minimum Gasteiger partial charge on any atom is -0.497 e. The molecule has 0 radical (unpaired) electrons. The van der Waals surface area contributed by atoms with Gasteiger partial charge in [0.15, 0.2) is 11.5 Å². The quantitative estimate of drug-likeness (QED) is 0.551. The standard InChI is InChI=1S/C24H21ClN2O3/c1-28-18-12-8-15(9-13-18)20-14-21-19-4-3-5-22(29-2)23(19)30-24(27(21)26-20)16-6-10-17(25)11-7-16/h3-13,21,24H,14H2,1-2H3/t21-,24-/m0/s1. The summed E-state index contributed by atoms with van der Waals surface area (Å²) in [5.74, 6) is 2.32. The molecule has 0 saturated carbocycles. The first-order valence-electron chi connectivity index (χ1n) is 9.77. The Labute approximate surface area is 180 Å². The summed E-state index contributed by atoms with van der Waals surface area (Å²) < 4.78 is 17.3. The molecular weight excluding hydrogens is 400 g/mol. The lowest BCUT2D eigenvalue weighted by Gasteiger charge is -2.38. The van der Waals surface area contributed by atoms with Gasteiger partial charge in [0, 0.05) is 22.6 Å². The Morgan fingerprint density at radius 1 is 0.967 bits per heavy atom. The van der Waals surface area contributed by atoms with Crippen molar-refractivity contribution in [2.75, 3.05) is 14.2 Å². The molecule has 0 fully saturated rings. The number of hydrogen-bond donors (Lipinski definition) is 0. The number of rotatable bonds is 4. The number of benzene rings is 3. The smallest absolute Gasteiger partial charge is 0.214 e. The SMILES string of the molecule is COc1ccc(C2=NN3[C@@H](C2)c2cccc(OC)c2O[C@H]3c2ccc(Cl)cc2)cc1. The van der Waals surface area contributed by atoms with E-state index in [0.29, 0.717) is 5.02 Å². The van der Waals surface area contributed by atoms with E-state index in [0.717, 1.165) is 46.1 Å². The monoisotopic (exact) mass is 420 g/mol. The van der Waals surface area contributed by atoms with Crippen molar-refractivity contribution >= 4 is 17.3 Å². The zero-order valence-electron chi connectivity index (χ0n) is 16.7. The van der Waals surface area contributed by atoms with Crippen molar-refractivity contribution in [2.24, 2.45) is 5.10 Å². The van der Waals surface area contributed by atoms with Crippen molar-refractivity contribution in [1.82, 2.24) is 5.01 Å². The number of methoxy groups -OCH3 is 2. The third-order valence-electron chi connectivity index (χ3n) is 5.58. The first-order valence-corrected chi connectivity index (χ1v) is 10.1. The van der Waals surface area contributed by atoms with Crippen LogP contribution in [0.25, 0.3) is 0 Å². The minimum atomic E-state index is -0.369. The van der Waals surface area contributed by atoms with Crippen molar-refractivity contribution in [3.05, 3.63) is 88.4 Å². The van der Waals surface area contributed by atoms with Gasteiger partial charge in [0.2, 0.25) is 6.23 Å². The van der Waals surface area contributed by atoms with E-state index in [1.807, 2.05) is 65.7 Å². The number of halogens is 1. The normalized spacial score (nSPS) is 19.4. The maximum atomic E-state index is 6.45. The summed E-state index contributed by atoms with van der Waals surface area (Å²) in [5, 5.41) is 7.71. The van der Waals surface area contributed by atoms with Crippen LogP contribution >= 0.6 is 11.6 Å². The number of nitrogens with zero attached hydrogens (tertiary/aromatic N) is 2. The molecule has 3 aromatic carbocycles. The van der Waals surface area contributed by atoms with E-state index in [1.54, 1.807) is 14.2 Å². The van der Waals surface area contributed by atoms with Gasteiger partial charge in [-0.1, -0.05) is 35.9 Å². The minimum absolute atomic E-state index is 0.0571. The average molecular weight is 421 g/mol. The molecule has 0 bridgehead atoms. The number of hydrogen-bond acceptors (Lipinski definition) is 5. The van der Waals surface area contributed by atoms with Crippen LogP contribution < -0.4 is 14.2 Å². The molecule has 6 heteroatoms. The Morgan fingerprint density at radius 3 is 2.43 bits per heavy atom. The highest BCUT2D eigenvalue weighted by Crippen LogP contribution is 2.50. The Hall–Kier alpha value is -3.18. The second-order valence-electron chi connectivity index (χ2n) is 7.28. The van der Waals surface area contributed by atoms with Crippen LogP contribution in [-0.4, -0.2) is 24.9 Å². The van der Waals surface area contributed by atoms with E-state index in [9.17, 15) is 0 Å². The predicted molar refractivity (Wildman–Crippen MR) is 117 cm³/mol. The predicted octanol–water partition coefficient (Wildman–Crippen LogP) is 5.60. The molecule has 2 atom stereocenters. The van der Waals surface area contributed by atoms with Crippen LogP contribution in [0, 0.1) is 0 Å². The summed E-state index contributed by atoms with van der Waals surface area (Å²) in [5.41, 5.74) is 4.15. The molecule has 0 N–H and O–H groups in total. The molecule has 0 unspecified atom stereocenters. The fraction of sp³-hybridized carbons (Fsp3) is 0.208. The second kappa shape index (κ2) is 7.58. The molecule has 3 aromatic rings. The summed E-state index contributed by atoms with van der Waals surface area (Å²) in [7, 11) is 3.33. The van der Waals surface area contributed by atoms with Gasteiger partial charge in [-0.05, 0) is 48.0 Å². The van der Waals surface area contributed by atoms with E-state index in [-0.39, 0.29) is 12.3 Å². The van der Waals surface area contributed by atoms with E-state index >= 15 is 0 Å². The van der Waals surface area contributed by atoms with Crippen molar-refractivity contribution in [2.45, 2.75) is 18.7 Å². The molecule has 30 heavy (non-hydrogen) atoms. The van der Waals surface area contributed by atoms with E-state index in [2.05, 4.69) is 6.07 Å². The summed E-state index contributed by atoms with van der Waals surface area (Å²) in [6, 6.07) is 21.8. The van der Waals surface area contributed by atoms with Crippen LogP contribution in [0.5, 0.6) is 17.2 Å². The van der Waals surface area contributed by atoms with Gasteiger partial charge in [0.1, 0.15) is 5.75 Å². The molecule has 0 aliphatic carbocycles. The van der Waals surface area contributed by atoms with E-state index < -0.39 is 0 Å². The molecular formula is C24H21ClN2O3. The Bertz CT molecular complexity index is 1100. The van der Waals surface area contributed by atoms with E-state index in [1.165, 1.54) is 0 Å². The molecule has 5 rings (SSSR count). The highest BCUT2D eigenvalue weighted by atomic mass is 35.5. The number of para-hydroxylation sites is 1. The molecule has 0 aromatic heterocycles. The zero-order valence-corrected chi connectivity index (χ0v) is 17.5. The van der Waals surface area contributed by atoms with Gasteiger partial charge >= 0.3 is 0 Å². The lowest BCUT2D eigenvalue weighted by Crippen LogP contribution is -2.33. The molecule has 0 spiro atoms. The number of fused-ring (bicyclic) bond motifs is 3. The van der Waals surface area contributed by atoms with Gasteiger partial charge in [-0.25, -0.2) is 5.01 Å². The van der Waals surface area contributed by atoms with Gasteiger partial charge in [0.05, 0.1) is 26.0 Å². The van der Waals surface area contributed by atoms with E-state index in [4.69, 9.17) is 30.9 Å². The Morgan fingerprint density at radius 2 is 1.73 bits per heavy atom. The van der Waals surface area contributed by atoms with Crippen molar-refractivity contribution in [1.29, 1.82) is 0 Å². The Kier molecular flexibility index (Phi) is 4.75. The Balaban J connectivity index is 1.59. The van der Waals surface area contributed by atoms with Crippen molar-refractivity contribution in [3.63, 3.8) is 0 Å². The number of hydrazone groups is 1. The van der Waals surface area contributed by atoms with Gasteiger partial charge < -0.3 is 14.2 Å². The fourth-order valence-corrected chi connectivity index (χ4v) is 4.18. The topological polar surface area (TPSA) is 43.3 Å². The molecule has 2 aliphatic heterocycles.